The fraction of sp³-hybridized carbons (Fsp3) is 0.233. The summed E-state index contributed by atoms with van der Waals surface area (Å²) in [7, 11) is 2.16. The maximum Gasteiger partial charge on any atom is 0.227 e. The molecule has 6 rings (SSSR count). The van der Waals surface area contributed by atoms with E-state index in [0.717, 1.165) is 63.9 Å². The molecule has 1 atom stereocenters. The molecule has 0 saturated carbocycles. The minimum Gasteiger partial charge on any atom is -0.369 e. The Morgan fingerprint density at radius 2 is 1.88 bits per heavy atom. The van der Waals surface area contributed by atoms with Crippen LogP contribution in [-0.4, -0.2) is 62.9 Å². The molecule has 1 unspecified atom stereocenters. The standard InChI is InChI=1S/C30H28BrN9/c1-38-10-12-39(13-11-38)26-6-3-5-25(15-26)36-30-34-17-21-4-2-7-27(29(21)37-30)23-18-35-40(20-23)28(8-9-32)22-14-24(31)19-33-16-22/h2-7,14-20,28H,8,10-13H2,1H3,(H,34,36,37). The number of aromatic nitrogens is 5. The first kappa shape index (κ1) is 25.9. The summed E-state index contributed by atoms with van der Waals surface area (Å²) in [6.07, 6.45) is 9.40. The number of nitrogens with one attached hydrogen (secondary N) is 1. The maximum atomic E-state index is 9.50. The lowest BCUT2D eigenvalue weighted by molar-refractivity contribution is 0.313. The summed E-state index contributed by atoms with van der Waals surface area (Å²) in [5.41, 5.74) is 5.75. The van der Waals surface area contributed by atoms with Gasteiger partial charge in [-0.05, 0) is 52.8 Å². The number of rotatable bonds is 7. The molecule has 200 valence electrons. The summed E-state index contributed by atoms with van der Waals surface area (Å²) in [6.45, 7) is 4.14. The maximum absolute atomic E-state index is 9.50. The SMILES string of the molecule is CN1CCN(c2cccc(Nc3ncc4cccc(-c5cnn(C(CC#N)c6cncc(Br)c6)c5)c4n3)c2)CC1. The average Bonchev–Trinajstić information content (AvgIpc) is 3.46. The number of nitriles is 1. The van der Waals surface area contributed by atoms with Crippen molar-refractivity contribution >= 4 is 44.2 Å². The van der Waals surface area contributed by atoms with Gasteiger partial charge in [-0.25, -0.2) is 9.97 Å². The summed E-state index contributed by atoms with van der Waals surface area (Å²) in [4.78, 5) is 18.5. The Balaban J connectivity index is 1.29. The van der Waals surface area contributed by atoms with Gasteiger partial charge in [-0.15, -0.1) is 0 Å². The van der Waals surface area contributed by atoms with Crippen LogP contribution >= 0.6 is 15.9 Å². The molecule has 4 heterocycles. The first-order valence-corrected chi connectivity index (χ1v) is 13.9. The van der Waals surface area contributed by atoms with Gasteiger partial charge in [-0.2, -0.15) is 10.4 Å². The number of fused-ring (bicyclic) bond motifs is 1. The molecule has 1 aliphatic rings. The van der Waals surface area contributed by atoms with E-state index in [9.17, 15) is 5.26 Å². The lowest BCUT2D eigenvalue weighted by atomic mass is 10.1. The van der Waals surface area contributed by atoms with E-state index in [1.807, 2.05) is 53.6 Å². The molecule has 0 amide bonds. The number of benzene rings is 2. The Morgan fingerprint density at radius 1 is 1.02 bits per heavy atom. The molecule has 40 heavy (non-hydrogen) atoms. The fourth-order valence-electron chi connectivity index (χ4n) is 5.03. The Hall–Kier alpha value is -4.33. The van der Waals surface area contributed by atoms with E-state index in [0.29, 0.717) is 5.95 Å². The third-order valence-corrected chi connectivity index (χ3v) is 7.64. The zero-order valence-corrected chi connectivity index (χ0v) is 23.7. The van der Waals surface area contributed by atoms with Crippen molar-refractivity contribution in [1.82, 2.24) is 29.6 Å². The topological polar surface area (TPSA) is 98.8 Å². The summed E-state index contributed by atoms with van der Waals surface area (Å²) in [5.74, 6) is 0.533. The van der Waals surface area contributed by atoms with Crippen LogP contribution in [0.3, 0.4) is 0 Å². The van der Waals surface area contributed by atoms with Gasteiger partial charge in [0.05, 0.1) is 30.2 Å². The summed E-state index contributed by atoms with van der Waals surface area (Å²) in [6, 6.07) is 18.4. The fourth-order valence-corrected chi connectivity index (χ4v) is 5.41. The Kier molecular flexibility index (Phi) is 7.40. The van der Waals surface area contributed by atoms with E-state index < -0.39 is 0 Å². The van der Waals surface area contributed by atoms with Gasteiger partial charge in [0.2, 0.25) is 5.95 Å². The van der Waals surface area contributed by atoms with Crippen molar-refractivity contribution in [1.29, 1.82) is 5.26 Å². The number of para-hydroxylation sites is 1. The highest BCUT2D eigenvalue weighted by molar-refractivity contribution is 9.10. The molecule has 5 aromatic rings. The highest BCUT2D eigenvalue weighted by Gasteiger charge is 2.18. The van der Waals surface area contributed by atoms with Crippen LogP contribution in [-0.2, 0) is 0 Å². The van der Waals surface area contributed by atoms with E-state index in [-0.39, 0.29) is 12.5 Å². The number of pyridine rings is 1. The number of hydrogen-bond donors (Lipinski definition) is 1. The van der Waals surface area contributed by atoms with Crippen LogP contribution in [0.4, 0.5) is 17.3 Å². The third-order valence-electron chi connectivity index (χ3n) is 7.21. The van der Waals surface area contributed by atoms with E-state index in [1.165, 1.54) is 5.69 Å². The lowest BCUT2D eigenvalue weighted by Crippen LogP contribution is -2.44. The van der Waals surface area contributed by atoms with Crippen LogP contribution in [0, 0.1) is 11.3 Å². The smallest absolute Gasteiger partial charge is 0.227 e. The van der Waals surface area contributed by atoms with Crippen molar-refractivity contribution in [2.24, 2.45) is 0 Å². The van der Waals surface area contributed by atoms with Gasteiger partial charge in [-0.3, -0.25) is 9.67 Å². The molecule has 10 heteroatoms. The van der Waals surface area contributed by atoms with E-state index in [2.05, 4.69) is 77.4 Å². The molecular weight excluding hydrogens is 566 g/mol. The molecule has 0 spiro atoms. The zero-order chi connectivity index (χ0) is 27.5. The molecule has 3 aromatic heterocycles. The van der Waals surface area contributed by atoms with Crippen LogP contribution in [0.1, 0.15) is 18.0 Å². The molecule has 1 N–H and O–H groups in total. The molecular formula is C30H28BrN9. The molecule has 0 radical (unpaired) electrons. The highest BCUT2D eigenvalue weighted by Crippen LogP contribution is 2.31. The van der Waals surface area contributed by atoms with Gasteiger partial charge in [0.15, 0.2) is 0 Å². The zero-order valence-electron chi connectivity index (χ0n) is 22.1. The molecule has 0 bridgehead atoms. The number of hydrogen-bond acceptors (Lipinski definition) is 8. The Labute approximate surface area is 241 Å². The van der Waals surface area contributed by atoms with E-state index in [4.69, 9.17) is 4.98 Å². The van der Waals surface area contributed by atoms with Crippen LogP contribution in [0.15, 0.2) is 84.0 Å². The van der Waals surface area contributed by atoms with Gasteiger partial charge in [0.1, 0.15) is 0 Å². The van der Waals surface area contributed by atoms with E-state index >= 15 is 0 Å². The highest BCUT2D eigenvalue weighted by atomic mass is 79.9. The monoisotopic (exact) mass is 593 g/mol. The van der Waals surface area contributed by atoms with Crippen LogP contribution in [0.2, 0.25) is 0 Å². The predicted octanol–water partition coefficient (Wildman–Crippen LogP) is 5.65. The molecule has 0 aliphatic carbocycles. The first-order chi connectivity index (χ1) is 19.6. The van der Waals surface area contributed by atoms with E-state index in [1.54, 1.807) is 12.4 Å². The second-order valence-corrected chi connectivity index (χ2v) is 10.8. The predicted molar refractivity (Wildman–Crippen MR) is 160 cm³/mol. The normalized spacial score (nSPS) is 14.7. The second-order valence-electron chi connectivity index (χ2n) is 9.93. The van der Waals surface area contributed by atoms with Crippen LogP contribution in [0.5, 0.6) is 0 Å². The van der Waals surface area contributed by atoms with Gasteiger partial charge in [-0.1, -0.05) is 24.3 Å². The summed E-state index contributed by atoms with van der Waals surface area (Å²) >= 11 is 3.48. The molecule has 1 fully saturated rings. The minimum absolute atomic E-state index is 0.252. The number of likely N-dealkylation sites (N-methyl/N-ethyl adjacent to an activating group) is 1. The minimum atomic E-state index is -0.252. The molecule has 1 aliphatic heterocycles. The Bertz CT molecular complexity index is 1680. The van der Waals surface area contributed by atoms with Crippen molar-refractivity contribution in [3.05, 3.63) is 89.6 Å². The third kappa shape index (κ3) is 5.52. The van der Waals surface area contributed by atoms with Gasteiger partial charge < -0.3 is 15.1 Å². The number of halogens is 1. The molecule has 9 nitrogen and oxygen atoms in total. The number of piperazine rings is 1. The quantitative estimate of drug-likeness (QED) is 0.258. The van der Waals surface area contributed by atoms with Crippen molar-refractivity contribution in [3.8, 4) is 17.2 Å². The van der Waals surface area contributed by atoms with Gasteiger partial charge >= 0.3 is 0 Å². The van der Waals surface area contributed by atoms with Crippen LogP contribution < -0.4 is 10.2 Å². The molecule has 2 aromatic carbocycles. The lowest BCUT2D eigenvalue weighted by Gasteiger charge is -2.34. The second kappa shape index (κ2) is 11.4. The molecule has 1 saturated heterocycles. The average molecular weight is 595 g/mol. The van der Waals surface area contributed by atoms with Crippen molar-refractivity contribution in [2.45, 2.75) is 12.5 Å². The number of nitrogens with zero attached hydrogens (tertiary/aromatic N) is 8. The number of anilines is 3. The summed E-state index contributed by atoms with van der Waals surface area (Å²) in [5, 5.41) is 18.5. The van der Waals surface area contributed by atoms with Gasteiger partial charge in [0, 0.05) is 83.3 Å². The van der Waals surface area contributed by atoms with Gasteiger partial charge in [0.25, 0.3) is 0 Å². The van der Waals surface area contributed by atoms with Crippen molar-refractivity contribution in [3.63, 3.8) is 0 Å². The van der Waals surface area contributed by atoms with Crippen LogP contribution in [0.25, 0.3) is 22.0 Å². The van der Waals surface area contributed by atoms with Crippen molar-refractivity contribution in [2.75, 3.05) is 43.4 Å². The van der Waals surface area contributed by atoms with Crippen molar-refractivity contribution < 1.29 is 0 Å². The Morgan fingerprint density at radius 3 is 2.70 bits per heavy atom. The summed E-state index contributed by atoms with van der Waals surface area (Å²) < 4.78 is 2.69. The largest absolute Gasteiger partial charge is 0.369 e. The first-order valence-electron chi connectivity index (χ1n) is 13.2.